The summed E-state index contributed by atoms with van der Waals surface area (Å²) in [6.45, 7) is 5.96. The first-order valence-electron chi connectivity index (χ1n) is 22.4. The number of carbonyl (C=O) groups excluding carboxylic acids is 1. The maximum Gasteiger partial charge on any atom is 0.309 e. The Balaban J connectivity index is 4.70. The van der Waals surface area contributed by atoms with E-state index in [1.54, 1.807) is 0 Å². The number of phosphoric ester groups is 1. The molecule has 0 heterocycles. The molecular formula is C44H88NO7P. The summed E-state index contributed by atoms with van der Waals surface area (Å²) in [5.41, 5.74) is 0. The Hall–Kier alpha value is -0.760. The molecule has 0 fully saturated rings. The number of likely N-dealkylation sites (N-methyl/N-ethyl adjacent to an activating group) is 1. The van der Waals surface area contributed by atoms with Crippen molar-refractivity contribution in [2.24, 2.45) is 5.92 Å². The normalized spacial score (nSPS) is 15.1. The molecule has 0 bridgehead atoms. The van der Waals surface area contributed by atoms with Crippen molar-refractivity contribution in [3.8, 4) is 0 Å². The molecule has 1 N–H and O–H groups in total. The van der Waals surface area contributed by atoms with Gasteiger partial charge < -0.3 is 28.3 Å². The quantitative estimate of drug-likeness (QED) is 0.0217. The second-order valence-electron chi connectivity index (χ2n) is 16.7. The molecule has 0 saturated heterocycles. The summed E-state index contributed by atoms with van der Waals surface area (Å²) in [4.78, 5) is 26.0. The van der Waals surface area contributed by atoms with Crippen LogP contribution in [0.15, 0.2) is 12.2 Å². The van der Waals surface area contributed by atoms with Crippen LogP contribution in [0.4, 0.5) is 0 Å². The van der Waals surface area contributed by atoms with Gasteiger partial charge in [-0.05, 0) is 44.9 Å². The van der Waals surface area contributed by atoms with Crippen molar-refractivity contribution in [3.05, 3.63) is 12.2 Å². The number of allylic oxidation sites excluding steroid dienone is 2. The van der Waals surface area contributed by atoms with Gasteiger partial charge in [-0.1, -0.05) is 174 Å². The number of hydrogen-bond acceptors (Lipinski definition) is 7. The lowest BCUT2D eigenvalue weighted by molar-refractivity contribution is -0.873. The minimum absolute atomic E-state index is 0.228. The van der Waals surface area contributed by atoms with Crippen LogP contribution in [-0.2, 0) is 23.1 Å². The van der Waals surface area contributed by atoms with Crippen LogP contribution < -0.4 is 4.89 Å². The molecule has 0 amide bonds. The molecule has 4 atom stereocenters. The van der Waals surface area contributed by atoms with Gasteiger partial charge in [0.15, 0.2) is 0 Å². The highest BCUT2D eigenvalue weighted by Gasteiger charge is 2.27. The molecule has 0 radical (unpaired) electrons. The van der Waals surface area contributed by atoms with Crippen molar-refractivity contribution in [3.63, 3.8) is 0 Å². The van der Waals surface area contributed by atoms with Crippen LogP contribution in [0.2, 0.25) is 0 Å². The third kappa shape index (κ3) is 35.4. The topological polar surface area (TPSA) is 105 Å². The van der Waals surface area contributed by atoms with E-state index in [0.717, 1.165) is 51.4 Å². The number of nitrogens with zero attached hydrogens (tertiary/aromatic N) is 1. The number of phosphoric acid groups is 1. The molecule has 0 rings (SSSR count). The number of carbonyl (C=O) groups is 1. The smallest absolute Gasteiger partial charge is 0.309 e. The third-order valence-electron chi connectivity index (χ3n) is 10.2. The van der Waals surface area contributed by atoms with Gasteiger partial charge in [-0.2, -0.15) is 0 Å². The van der Waals surface area contributed by atoms with Gasteiger partial charge in [-0.25, -0.2) is 0 Å². The first-order valence-corrected chi connectivity index (χ1v) is 23.8. The number of hydrogen-bond donors (Lipinski definition) is 1. The van der Waals surface area contributed by atoms with E-state index < -0.39 is 26.6 Å². The van der Waals surface area contributed by atoms with Crippen molar-refractivity contribution in [2.45, 2.75) is 219 Å². The molecule has 0 aliphatic rings. The summed E-state index contributed by atoms with van der Waals surface area (Å²) in [5.74, 6) is -0.550. The first kappa shape index (κ1) is 52.2. The number of quaternary nitrogens is 1. The van der Waals surface area contributed by atoms with Crippen LogP contribution in [0.25, 0.3) is 0 Å². The van der Waals surface area contributed by atoms with E-state index in [1.165, 1.54) is 128 Å². The molecule has 0 aliphatic heterocycles. The van der Waals surface area contributed by atoms with Crippen LogP contribution in [0.1, 0.15) is 207 Å². The lowest BCUT2D eigenvalue weighted by atomic mass is 9.94. The van der Waals surface area contributed by atoms with Crippen molar-refractivity contribution >= 4 is 13.8 Å². The summed E-state index contributed by atoms with van der Waals surface area (Å²) in [5, 5.41) is 9.87. The van der Waals surface area contributed by atoms with E-state index >= 15 is 0 Å². The minimum Gasteiger partial charge on any atom is -0.756 e. The summed E-state index contributed by atoms with van der Waals surface area (Å²) < 4.78 is 29.3. The van der Waals surface area contributed by atoms with Gasteiger partial charge in [0.05, 0.1) is 33.7 Å². The summed E-state index contributed by atoms with van der Waals surface area (Å²) in [6, 6.07) is 0. The molecule has 53 heavy (non-hydrogen) atoms. The molecule has 0 aromatic heterocycles. The van der Waals surface area contributed by atoms with Gasteiger partial charge in [0, 0.05) is 0 Å². The van der Waals surface area contributed by atoms with E-state index in [4.69, 9.17) is 13.8 Å². The molecule has 0 aliphatic carbocycles. The zero-order valence-electron chi connectivity index (χ0n) is 35.8. The van der Waals surface area contributed by atoms with Gasteiger partial charge in [0.2, 0.25) is 0 Å². The second kappa shape index (κ2) is 35.6. The molecule has 0 spiro atoms. The lowest BCUT2D eigenvalue weighted by Gasteiger charge is -2.34. The number of ether oxygens (including phenoxy) is 1. The zero-order valence-corrected chi connectivity index (χ0v) is 36.7. The lowest BCUT2D eigenvalue weighted by Crippen LogP contribution is -2.42. The number of rotatable bonds is 40. The summed E-state index contributed by atoms with van der Waals surface area (Å²) in [7, 11) is 1.17. The van der Waals surface area contributed by atoms with Crippen LogP contribution in [0.3, 0.4) is 0 Å². The second-order valence-corrected chi connectivity index (χ2v) is 18.0. The third-order valence-corrected chi connectivity index (χ3v) is 11.3. The predicted octanol–water partition coefficient (Wildman–Crippen LogP) is 12.0. The monoisotopic (exact) mass is 774 g/mol. The highest BCUT2D eigenvalue weighted by molar-refractivity contribution is 7.45. The Bertz CT molecular complexity index is 893. The van der Waals surface area contributed by atoms with Crippen molar-refractivity contribution in [1.82, 2.24) is 0 Å². The van der Waals surface area contributed by atoms with E-state index in [9.17, 15) is 19.4 Å². The Labute approximate surface area is 328 Å². The van der Waals surface area contributed by atoms with E-state index in [-0.39, 0.29) is 18.5 Å². The van der Waals surface area contributed by atoms with Gasteiger partial charge in [-0.3, -0.25) is 9.36 Å². The Kier molecular flexibility index (Phi) is 35.1. The molecule has 0 aromatic carbocycles. The van der Waals surface area contributed by atoms with E-state index in [2.05, 4.69) is 26.0 Å². The minimum atomic E-state index is -4.71. The predicted molar refractivity (Wildman–Crippen MR) is 222 cm³/mol. The van der Waals surface area contributed by atoms with Gasteiger partial charge in [-0.15, -0.1) is 0 Å². The molecule has 316 valence electrons. The maximum absolute atomic E-state index is 13.3. The van der Waals surface area contributed by atoms with Gasteiger partial charge in [0.25, 0.3) is 7.82 Å². The number of aliphatic hydroxyl groups is 1. The molecule has 8 nitrogen and oxygen atoms in total. The molecular weight excluding hydrogens is 685 g/mol. The highest BCUT2D eigenvalue weighted by atomic mass is 31.2. The van der Waals surface area contributed by atoms with Gasteiger partial charge >= 0.3 is 5.97 Å². The molecule has 0 saturated carbocycles. The Morgan fingerprint density at radius 1 is 0.623 bits per heavy atom. The van der Waals surface area contributed by atoms with Crippen molar-refractivity contribution in [2.75, 3.05) is 40.9 Å². The van der Waals surface area contributed by atoms with Crippen LogP contribution in [0.5, 0.6) is 0 Å². The average molecular weight is 774 g/mol. The number of esters is 1. The summed E-state index contributed by atoms with van der Waals surface area (Å²) >= 11 is 0. The average Bonchev–Trinajstić information content (AvgIpc) is 3.11. The zero-order chi connectivity index (χ0) is 39.5. The van der Waals surface area contributed by atoms with Crippen LogP contribution in [-0.4, -0.2) is 68.7 Å². The van der Waals surface area contributed by atoms with Crippen LogP contribution >= 0.6 is 7.82 Å². The number of aliphatic hydroxyl groups excluding tert-OH is 1. The fraction of sp³-hybridized carbons (Fsp3) is 0.932. The molecule has 3 unspecified atom stereocenters. The molecule has 9 heteroatoms. The van der Waals surface area contributed by atoms with Crippen molar-refractivity contribution < 1.29 is 37.6 Å². The Morgan fingerprint density at radius 3 is 1.38 bits per heavy atom. The van der Waals surface area contributed by atoms with E-state index in [1.807, 2.05) is 28.1 Å². The first-order chi connectivity index (χ1) is 25.5. The highest BCUT2D eigenvalue weighted by Crippen LogP contribution is 2.42. The maximum atomic E-state index is 13.3. The van der Waals surface area contributed by atoms with Crippen molar-refractivity contribution in [1.29, 1.82) is 0 Å². The number of unbranched alkanes of at least 4 members (excludes halogenated alkanes) is 23. The molecule has 0 aromatic rings. The Morgan fingerprint density at radius 2 is 1.00 bits per heavy atom. The SMILES string of the molecule is CCCCCCCC/C=C\CCCCCCC(CCCCCCCCCCCCCCCC)C(=O)OC[C@H](CO)OP(=O)([O-])OC(CC)C[N+](C)(C)C. The van der Waals surface area contributed by atoms with Gasteiger partial charge in [0.1, 0.15) is 25.4 Å². The van der Waals surface area contributed by atoms with Crippen LogP contribution in [0, 0.1) is 5.92 Å². The fourth-order valence-electron chi connectivity index (χ4n) is 6.90. The largest absolute Gasteiger partial charge is 0.756 e. The standard InChI is InChI=1S/C44H88NO7P/c1-7-10-12-14-16-18-20-22-24-26-28-30-32-34-36-41(37-35-33-31-29-27-25-23-21-19-17-15-13-11-8-2)44(47)50-40-43(39-46)52-53(48,49)51-42(9-3)38-45(4,5)6/h22,24,41-43,46H,7-21,23,25-40H2,1-6H3/b24-22-/t41?,42?,43-/m0/s1. The fourth-order valence-corrected chi connectivity index (χ4v) is 8.02. The van der Waals surface area contributed by atoms with E-state index in [0.29, 0.717) is 17.4 Å². The summed E-state index contributed by atoms with van der Waals surface area (Å²) in [6.07, 6.45) is 37.7.